The minimum atomic E-state index is -0.174. The van der Waals surface area contributed by atoms with E-state index in [0.717, 1.165) is 42.2 Å². The predicted octanol–water partition coefficient (Wildman–Crippen LogP) is 5.31. The highest BCUT2D eigenvalue weighted by molar-refractivity contribution is 6.44. The van der Waals surface area contributed by atoms with Gasteiger partial charge >= 0.3 is 0 Å². The molecule has 1 unspecified atom stereocenters. The fourth-order valence-electron chi connectivity index (χ4n) is 3.64. The van der Waals surface area contributed by atoms with Crippen LogP contribution < -0.4 is 15.0 Å². The van der Waals surface area contributed by atoms with E-state index in [9.17, 15) is 4.79 Å². The Labute approximate surface area is 191 Å². The molecule has 1 fully saturated rings. The second kappa shape index (κ2) is 9.54. The number of hydrogen-bond acceptors (Lipinski definition) is 5. The minimum Gasteiger partial charge on any atom is -0.497 e. The van der Waals surface area contributed by atoms with Crippen molar-refractivity contribution in [3.63, 3.8) is 0 Å². The molecule has 0 saturated carbocycles. The zero-order valence-corrected chi connectivity index (χ0v) is 18.5. The van der Waals surface area contributed by atoms with E-state index in [2.05, 4.69) is 20.4 Å². The third-order valence-electron chi connectivity index (χ3n) is 5.36. The summed E-state index contributed by atoms with van der Waals surface area (Å²) in [7, 11) is 1.64. The first-order valence-corrected chi connectivity index (χ1v) is 10.8. The Morgan fingerprint density at radius 2 is 1.90 bits per heavy atom. The summed E-state index contributed by atoms with van der Waals surface area (Å²) in [6, 6.07) is 16.8. The maximum atomic E-state index is 12.8. The largest absolute Gasteiger partial charge is 0.497 e. The van der Waals surface area contributed by atoms with E-state index < -0.39 is 0 Å². The van der Waals surface area contributed by atoms with Crippen LogP contribution in [0.15, 0.2) is 54.6 Å². The molecule has 8 heteroatoms. The molecule has 160 valence electrons. The van der Waals surface area contributed by atoms with Gasteiger partial charge in [-0.25, -0.2) is 0 Å². The molecule has 1 aliphatic heterocycles. The Hall–Kier alpha value is -2.83. The van der Waals surface area contributed by atoms with Crippen LogP contribution in [0.4, 0.5) is 11.5 Å². The van der Waals surface area contributed by atoms with Crippen LogP contribution in [0.1, 0.15) is 12.8 Å². The molecule has 1 saturated heterocycles. The molecule has 4 rings (SSSR count). The van der Waals surface area contributed by atoms with E-state index in [-0.39, 0.29) is 11.8 Å². The van der Waals surface area contributed by atoms with Gasteiger partial charge in [0, 0.05) is 18.7 Å². The number of benzene rings is 2. The first-order valence-electron chi connectivity index (χ1n) is 10.0. The average Bonchev–Trinajstić information content (AvgIpc) is 2.82. The van der Waals surface area contributed by atoms with Gasteiger partial charge in [-0.2, -0.15) is 0 Å². The van der Waals surface area contributed by atoms with E-state index in [4.69, 9.17) is 27.9 Å². The Kier molecular flexibility index (Phi) is 6.59. The highest BCUT2D eigenvalue weighted by Gasteiger charge is 2.27. The van der Waals surface area contributed by atoms with Gasteiger partial charge in [-0.15, -0.1) is 10.2 Å². The van der Waals surface area contributed by atoms with E-state index in [1.165, 1.54) is 0 Å². The maximum absolute atomic E-state index is 12.8. The molecule has 1 aromatic heterocycles. The van der Waals surface area contributed by atoms with E-state index in [1.807, 2.05) is 36.4 Å². The van der Waals surface area contributed by atoms with Gasteiger partial charge in [0.2, 0.25) is 5.91 Å². The number of nitrogens with one attached hydrogen (secondary N) is 1. The SMILES string of the molecule is COc1ccc(-c2ccc(N3CCCC(C(=O)Nc4cccc(Cl)c4Cl)C3)nn2)cc1. The van der Waals surface area contributed by atoms with Crippen LogP contribution in [-0.4, -0.2) is 36.3 Å². The van der Waals surface area contributed by atoms with Gasteiger partial charge in [0.1, 0.15) is 5.75 Å². The predicted molar refractivity (Wildman–Crippen MR) is 124 cm³/mol. The van der Waals surface area contributed by atoms with Gasteiger partial charge in [-0.05, 0) is 61.4 Å². The molecule has 2 heterocycles. The third kappa shape index (κ3) is 4.92. The van der Waals surface area contributed by atoms with Crippen molar-refractivity contribution in [3.05, 3.63) is 64.6 Å². The van der Waals surface area contributed by atoms with Crippen LogP contribution in [0.25, 0.3) is 11.3 Å². The molecule has 3 aromatic rings. The summed E-state index contributed by atoms with van der Waals surface area (Å²) in [6.45, 7) is 1.40. The molecule has 2 aromatic carbocycles. The van der Waals surface area contributed by atoms with Crippen LogP contribution >= 0.6 is 23.2 Å². The van der Waals surface area contributed by atoms with Crippen LogP contribution in [0.2, 0.25) is 10.0 Å². The first-order chi connectivity index (χ1) is 15.0. The standard InChI is InChI=1S/C23H22Cl2N4O2/c1-31-17-9-7-15(8-10-17)19-11-12-21(28-27-19)29-13-3-4-16(14-29)23(30)26-20-6-2-5-18(24)22(20)25/h2,5-12,16H,3-4,13-14H2,1H3,(H,26,30). The number of aromatic nitrogens is 2. The molecular weight excluding hydrogens is 435 g/mol. The van der Waals surface area contributed by atoms with Crippen molar-refractivity contribution >= 4 is 40.6 Å². The molecule has 1 N–H and O–H groups in total. The highest BCUT2D eigenvalue weighted by atomic mass is 35.5. The molecular formula is C23H22Cl2N4O2. The number of rotatable bonds is 5. The molecule has 1 atom stereocenters. The van der Waals surface area contributed by atoms with Crippen LogP contribution in [0, 0.1) is 5.92 Å². The number of amides is 1. The summed E-state index contributed by atoms with van der Waals surface area (Å²) in [5.41, 5.74) is 2.28. The van der Waals surface area contributed by atoms with E-state index in [1.54, 1.807) is 25.3 Å². The number of carbonyl (C=O) groups is 1. The van der Waals surface area contributed by atoms with Crippen molar-refractivity contribution in [1.82, 2.24) is 10.2 Å². The van der Waals surface area contributed by atoms with Crippen molar-refractivity contribution in [2.45, 2.75) is 12.8 Å². The van der Waals surface area contributed by atoms with Crippen LogP contribution in [0.3, 0.4) is 0 Å². The molecule has 0 spiro atoms. The van der Waals surface area contributed by atoms with Crippen molar-refractivity contribution < 1.29 is 9.53 Å². The lowest BCUT2D eigenvalue weighted by Gasteiger charge is -2.32. The summed E-state index contributed by atoms with van der Waals surface area (Å²) in [4.78, 5) is 14.9. The summed E-state index contributed by atoms with van der Waals surface area (Å²) < 4.78 is 5.19. The second-order valence-corrected chi connectivity index (χ2v) is 8.17. The van der Waals surface area contributed by atoms with Gasteiger partial charge in [0.05, 0.1) is 34.5 Å². The van der Waals surface area contributed by atoms with Crippen LogP contribution in [-0.2, 0) is 4.79 Å². The lowest BCUT2D eigenvalue weighted by molar-refractivity contribution is -0.120. The molecule has 1 aliphatic rings. The molecule has 6 nitrogen and oxygen atoms in total. The van der Waals surface area contributed by atoms with Crippen molar-refractivity contribution in [2.24, 2.45) is 5.92 Å². The van der Waals surface area contributed by atoms with Gasteiger partial charge in [0.25, 0.3) is 0 Å². The number of hydrogen-bond donors (Lipinski definition) is 1. The number of anilines is 2. The van der Waals surface area contributed by atoms with Gasteiger partial charge in [-0.3, -0.25) is 4.79 Å². The minimum absolute atomic E-state index is 0.0725. The maximum Gasteiger partial charge on any atom is 0.229 e. The second-order valence-electron chi connectivity index (χ2n) is 7.38. The molecule has 0 bridgehead atoms. The van der Waals surface area contributed by atoms with Crippen molar-refractivity contribution in [2.75, 3.05) is 30.4 Å². The summed E-state index contributed by atoms with van der Waals surface area (Å²) in [6.07, 6.45) is 1.70. The fraction of sp³-hybridized carbons (Fsp3) is 0.261. The van der Waals surface area contributed by atoms with E-state index in [0.29, 0.717) is 22.3 Å². The van der Waals surface area contributed by atoms with E-state index >= 15 is 0 Å². The van der Waals surface area contributed by atoms with Gasteiger partial charge in [-0.1, -0.05) is 29.3 Å². The average molecular weight is 457 g/mol. The van der Waals surface area contributed by atoms with Crippen molar-refractivity contribution in [3.8, 4) is 17.0 Å². The highest BCUT2D eigenvalue weighted by Crippen LogP contribution is 2.31. The quantitative estimate of drug-likeness (QED) is 0.562. The topological polar surface area (TPSA) is 67.3 Å². The number of nitrogens with zero attached hydrogens (tertiary/aromatic N) is 3. The summed E-state index contributed by atoms with van der Waals surface area (Å²) in [5.74, 6) is 1.31. The zero-order valence-electron chi connectivity index (χ0n) is 17.0. The van der Waals surface area contributed by atoms with Crippen molar-refractivity contribution in [1.29, 1.82) is 0 Å². The lowest BCUT2D eigenvalue weighted by Crippen LogP contribution is -2.41. The Morgan fingerprint density at radius 3 is 2.61 bits per heavy atom. The molecule has 0 radical (unpaired) electrons. The number of ether oxygens (including phenoxy) is 1. The summed E-state index contributed by atoms with van der Waals surface area (Å²) in [5, 5.41) is 12.4. The molecule has 1 amide bonds. The number of methoxy groups -OCH3 is 1. The van der Waals surface area contributed by atoms with Gasteiger partial charge in [0.15, 0.2) is 5.82 Å². The Morgan fingerprint density at radius 1 is 1.10 bits per heavy atom. The van der Waals surface area contributed by atoms with Gasteiger partial charge < -0.3 is 15.0 Å². The Bertz CT molecular complexity index is 1060. The monoisotopic (exact) mass is 456 g/mol. The molecule has 0 aliphatic carbocycles. The normalized spacial score (nSPS) is 16.1. The third-order valence-corrected chi connectivity index (χ3v) is 6.18. The smallest absolute Gasteiger partial charge is 0.229 e. The number of piperidine rings is 1. The zero-order chi connectivity index (χ0) is 21.8. The first kappa shape index (κ1) is 21.4. The fourth-order valence-corrected chi connectivity index (χ4v) is 3.99. The molecule has 31 heavy (non-hydrogen) atoms. The number of halogens is 2. The Balaban J connectivity index is 1.43. The number of carbonyl (C=O) groups excluding carboxylic acids is 1. The summed E-state index contributed by atoms with van der Waals surface area (Å²) >= 11 is 12.2. The lowest BCUT2D eigenvalue weighted by atomic mass is 9.97. The van der Waals surface area contributed by atoms with Crippen LogP contribution in [0.5, 0.6) is 5.75 Å².